The first-order chi connectivity index (χ1) is 11.1. The Morgan fingerprint density at radius 3 is 2.30 bits per heavy atom. The first-order valence-electron chi connectivity index (χ1n) is 7.76. The van der Waals surface area contributed by atoms with Crippen molar-refractivity contribution in [2.45, 2.75) is 29.6 Å². The quantitative estimate of drug-likeness (QED) is 0.885. The van der Waals surface area contributed by atoms with Crippen LogP contribution in [0.1, 0.15) is 24.8 Å². The minimum atomic E-state index is -3.49. The molecule has 5 heteroatoms. The molecule has 1 fully saturated rings. The number of para-hydroxylation sites is 1. The number of hydrogen-bond acceptors (Lipinski definition) is 3. The Labute approximate surface area is 137 Å². The van der Waals surface area contributed by atoms with Gasteiger partial charge in [0.25, 0.3) is 0 Å². The molecule has 0 unspecified atom stereocenters. The van der Waals surface area contributed by atoms with E-state index < -0.39 is 10.0 Å². The molecule has 1 N–H and O–H groups in total. The molecule has 23 heavy (non-hydrogen) atoms. The summed E-state index contributed by atoms with van der Waals surface area (Å²) < 4.78 is 33.2. The van der Waals surface area contributed by atoms with E-state index in [1.165, 1.54) is 0 Å². The molecule has 1 aliphatic rings. The summed E-state index contributed by atoms with van der Waals surface area (Å²) in [6.45, 7) is 0.393. The average molecular weight is 331 g/mol. The van der Waals surface area contributed by atoms with E-state index in [1.807, 2.05) is 24.3 Å². The average Bonchev–Trinajstić information content (AvgIpc) is 2.55. The molecule has 1 saturated carbocycles. The summed E-state index contributed by atoms with van der Waals surface area (Å²) in [6.07, 6.45) is 3.03. The molecule has 0 radical (unpaired) electrons. The normalized spacial score (nSPS) is 16.6. The van der Waals surface area contributed by atoms with Gasteiger partial charge in [-0.1, -0.05) is 42.8 Å². The van der Waals surface area contributed by atoms with Crippen LogP contribution in [0, 0.1) is 0 Å². The largest absolute Gasteiger partial charge is 0.496 e. The minimum Gasteiger partial charge on any atom is -0.496 e. The summed E-state index contributed by atoms with van der Waals surface area (Å²) in [4.78, 5) is 0.300. The fourth-order valence-corrected chi connectivity index (χ4v) is 4.29. The number of hydrogen-bond donors (Lipinski definition) is 1. The molecule has 4 nitrogen and oxygen atoms in total. The maximum absolute atomic E-state index is 12.5. The van der Waals surface area contributed by atoms with Gasteiger partial charge in [-0.05, 0) is 31.0 Å². The lowest BCUT2D eigenvalue weighted by molar-refractivity contribution is 0.236. The van der Waals surface area contributed by atoms with E-state index in [1.54, 1.807) is 37.4 Å². The van der Waals surface area contributed by atoms with E-state index >= 15 is 0 Å². The molecule has 2 aromatic rings. The van der Waals surface area contributed by atoms with Gasteiger partial charge in [0.1, 0.15) is 5.75 Å². The van der Waals surface area contributed by atoms with Crippen LogP contribution in [0.5, 0.6) is 5.75 Å². The highest BCUT2D eigenvalue weighted by molar-refractivity contribution is 7.89. The Bertz CT molecular complexity index is 768. The first-order valence-corrected chi connectivity index (χ1v) is 9.24. The third-order valence-electron chi connectivity index (χ3n) is 4.64. The smallest absolute Gasteiger partial charge is 0.240 e. The SMILES string of the molecule is COc1ccccc1C1(CNS(=O)(=O)c2ccccc2)CCC1. The lowest BCUT2D eigenvalue weighted by Crippen LogP contribution is -2.45. The van der Waals surface area contributed by atoms with E-state index in [2.05, 4.69) is 4.72 Å². The lowest BCUT2D eigenvalue weighted by Gasteiger charge is -2.43. The van der Waals surface area contributed by atoms with Crippen LogP contribution in [0.3, 0.4) is 0 Å². The van der Waals surface area contributed by atoms with E-state index in [0.717, 1.165) is 30.6 Å². The zero-order valence-corrected chi connectivity index (χ0v) is 14.0. The Morgan fingerprint density at radius 1 is 1.04 bits per heavy atom. The van der Waals surface area contributed by atoms with Crippen LogP contribution in [-0.4, -0.2) is 22.1 Å². The molecular weight excluding hydrogens is 310 g/mol. The highest BCUT2D eigenvalue weighted by atomic mass is 32.2. The predicted octanol–water partition coefficient (Wildman–Crippen LogP) is 3.10. The van der Waals surface area contributed by atoms with Crippen molar-refractivity contribution in [3.05, 3.63) is 60.2 Å². The van der Waals surface area contributed by atoms with Crippen molar-refractivity contribution < 1.29 is 13.2 Å². The molecule has 0 spiro atoms. The van der Waals surface area contributed by atoms with Crippen molar-refractivity contribution in [2.24, 2.45) is 0 Å². The minimum absolute atomic E-state index is 0.172. The summed E-state index contributed by atoms with van der Waals surface area (Å²) in [6, 6.07) is 16.4. The third kappa shape index (κ3) is 3.12. The second-order valence-electron chi connectivity index (χ2n) is 5.97. The molecular formula is C18H21NO3S. The van der Waals surface area contributed by atoms with Gasteiger partial charge < -0.3 is 4.74 Å². The van der Waals surface area contributed by atoms with E-state index in [0.29, 0.717) is 11.4 Å². The van der Waals surface area contributed by atoms with Crippen LogP contribution < -0.4 is 9.46 Å². The number of nitrogens with one attached hydrogen (secondary N) is 1. The van der Waals surface area contributed by atoms with Crippen LogP contribution in [-0.2, 0) is 15.4 Å². The molecule has 0 atom stereocenters. The zero-order valence-electron chi connectivity index (χ0n) is 13.2. The second-order valence-corrected chi connectivity index (χ2v) is 7.74. The third-order valence-corrected chi connectivity index (χ3v) is 6.06. The van der Waals surface area contributed by atoms with Crippen LogP contribution in [0.2, 0.25) is 0 Å². The van der Waals surface area contributed by atoms with Crippen LogP contribution in [0.4, 0.5) is 0 Å². The zero-order chi connectivity index (χ0) is 16.3. The highest BCUT2D eigenvalue weighted by Gasteiger charge is 2.41. The predicted molar refractivity (Wildman–Crippen MR) is 90.2 cm³/mol. The number of sulfonamides is 1. The van der Waals surface area contributed by atoms with Gasteiger partial charge in [-0.2, -0.15) is 0 Å². The van der Waals surface area contributed by atoms with Crippen LogP contribution >= 0.6 is 0 Å². The molecule has 0 aromatic heterocycles. The van der Waals surface area contributed by atoms with E-state index in [4.69, 9.17) is 4.74 Å². The van der Waals surface area contributed by atoms with Gasteiger partial charge in [-0.15, -0.1) is 0 Å². The number of benzene rings is 2. The molecule has 0 saturated heterocycles. The van der Waals surface area contributed by atoms with E-state index in [-0.39, 0.29) is 5.41 Å². The molecule has 0 bridgehead atoms. The number of ether oxygens (including phenoxy) is 1. The Kier molecular flexibility index (Phi) is 4.41. The maximum Gasteiger partial charge on any atom is 0.240 e. The monoisotopic (exact) mass is 331 g/mol. The van der Waals surface area contributed by atoms with Gasteiger partial charge in [0.2, 0.25) is 10.0 Å². The van der Waals surface area contributed by atoms with Gasteiger partial charge in [-0.25, -0.2) is 13.1 Å². The van der Waals surface area contributed by atoms with Crippen molar-refractivity contribution in [1.82, 2.24) is 4.72 Å². The van der Waals surface area contributed by atoms with Gasteiger partial charge >= 0.3 is 0 Å². The van der Waals surface area contributed by atoms with Gasteiger partial charge in [-0.3, -0.25) is 0 Å². The standard InChI is InChI=1S/C18H21NO3S/c1-22-17-11-6-5-10-16(17)18(12-7-13-18)14-19-23(20,21)15-8-3-2-4-9-15/h2-6,8-11,19H,7,12-14H2,1H3. The first kappa shape index (κ1) is 16.0. The summed E-state index contributed by atoms with van der Waals surface area (Å²) in [7, 11) is -1.84. The molecule has 0 aliphatic heterocycles. The molecule has 1 aliphatic carbocycles. The Balaban J connectivity index is 1.83. The number of methoxy groups -OCH3 is 1. The summed E-state index contributed by atoms with van der Waals surface area (Å²) >= 11 is 0. The number of rotatable bonds is 6. The molecule has 0 amide bonds. The second kappa shape index (κ2) is 6.34. The lowest BCUT2D eigenvalue weighted by atomic mass is 9.64. The van der Waals surface area contributed by atoms with Crippen molar-refractivity contribution in [3.63, 3.8) is 0 Å². The van der Waals surface area contributed by atoms with Crippen molar-refractivity contribution in [2.75, 3.05) is 13.7 Å². The fourth-order valence-electron chi connectivity index (χ4n) is 3.14. The Morgan fingerprint density at radius 2 is 1.70 bits per heavy atom. The van der Waals surface area contributed by atoms with Crippen molar-refractivity contribution in [1.29, 1.82) is 0 Å². The summed E-state index contributed by atoms with van der Waals surface area (Å²) in [5, 5.41) is 0. The van der Waals surface area contributed by atoms with Crippen LogP contribution in [0.25, 0.3) is 0 Å². The maximum atomic E-state index is 12.5. The van der Waals surface area contributed by atoms with Gasteiger partial charge in [0, 0.05) is 17.5 Å². The summed E-state index contributed by atoms with van der Waals surface area (Å²) in [5.74, 6) is 0.825. The van der Waals surface area contributed by atoms with Gasteiger partial charge in [0.05, 0.1) is 12.0 Å². The molecule has 3 rings (SSSR count). The van der Waals surface area contributed by atoms with Crippen LogP contribution in [0.15, 0.2) is 59.5 Å². The topological polar surface area (TPSA) is 55.4 Å². The fraction of sp³-hybridized carbons (Fsp3) is 0.333. The molecule has 0 heterocycles. The molecule has 122 valence electrons. The van der Waals surface area contributed by atoms with Gasteiger partial charge in [0.15, 0.2) is 0 Å². The highest BCUT2D eigenvalue weighted by Crippen LogP contribution is 2.46. The van der Waals surface area contributed by atoms with E-state index in [9.17, 15) is 8.42 Å². The Hall–Kier alpha value is -1.85. The van der Waals surface area contributed by atoms with Crippen molar-refractivity contribution >= 4 is 10.0 Å². The summed E-state index contributed by atoms with van der Waals surface area (Å²) in [5.41, 5.74) is 0.915. The molecule has 2 aromatic carbocycles. The van der Waals surface area contributed by atoms with Crippen molar-refractivity contribution in [3.8, 4) is 5.75 Å².